The van der Waals surface area contributed by atoms with E-state index < -0.39 is 0 Å². The van der Waals surface area contributed by atoms with Gasteiger partial charge in [0.1, 0.15) is 5.75 Å². The van der Waals surface area contributed by atoms with Gasteiger partial charge in [-0.15, -0.1) is 0 Å². The van der Waals surface area contributed by atoms with Crippen LogP contribution in [0, 0.1) is 19.8 Å². The molecule has 2 atom stereocenters. The Kier molecular flexibility index (Phi) is 4.23. The fraction of sp³-hybridized carbons (Fsp3) is 0.478. The van der Waals surface area contributed by atoms with Crippen LogP contribution < -0.4 is 4.74 Å². The second-order valence-electron chi connectivity index (χ2n) is 8.31. The highest BCUT2D eigenvalue weighted by molar-refractivity contribution is 5.75. The van der Waals surface area contributed by atoms with Crippen molar-refractivity contribution < 1.29 is 4.74 Å². The summed E-state index contributed by atoms with van der Waals surface area (Å²) < 4.78 is 5.64. The van der Waals surface area contributed by atoms with Gasteiger partial charge < -0.3 is 4.74 Å². The SMILES string of the molecule is COc1ccc(C)cc1-c1cc2c(cc1C)C(C)(C)CC(C)C2C. The average Bonchev–Trinajstić information content (AvgIpc) is 2.52. The minimum Gasteiger partial charge on any atom is -0.496 e. The van der Waals surface area contributed by atoms with Crippen molar-refractivity contribution in [1.82, 2.24) is 0 Å². The van der Waals surface area contributed by atoms with Crippen LogP contribution in [-0.4, -0.2) is 7.11 Å². The fourth-order valence-electron chi connectivity index (χ4n) is 4.41. The Morgan fingerprint density at radius 1 is 1.00 bits per heavy atom. The summed E-state index contributed by atoms with van der Waals surface area (Å²) in [5.41, 5.74) is 8.43. The van der Waals surface area contributed by atoms with Gasteiger partial charge >= 0.3 is 0 Å². The Bertz CT molecular complexity index is 770. The molecule has 0 spiro atoms. The topological polar surface area (TPSA) is 9.23 Å². The number of aryl methyl sites for hydroxylation is 2. The van der Waals surface area contributed by atoms with E-state index in [1.165, 1.54) is 39.8 Å². The highest BCUT2D eigenvalue weighted by Gasteiger charge is 2.35. The van der Waals surface area contributed by atoms with Crippen LogP contribution in [0.1, 0.15) is 62.3 Å². The Morgan fingerprint density at radius 2 is 1.71 bits per heavy atom. The van der Waals surface area contributed by atoms with E-state index in [1.54, 1.807) is 7.11 Å². The third kappa shape index (κ3) is 2.75. The van der Waals surface area contributed by atoms with Gasteiger partial charge in [-0.1, -0.05) is 51.5 Å². The lowest BCUT2D eigenvalue weighted by Gasteiger charge is -2.41. The first-order valence-corrected chi connectivity index (χ1v) is 9.04. The molecular formula is C23H30O. The first-order chi connectivity index (χ1) is 11.2. The molecular weight excluding hydrogens is 292 g/mol. The number of hydrogen-bond acceptors (Lipinski definition) is 1. The summed E-state index contributed by atoms with van der Waals surface area (Å²) in [6.45, 7) is 13.9. The van der Waals surface area contributed by atoms with Crippen molar-refractivity contribution in [2.24, 2.45) is 5.92 Å². The summed E-state index contributed by atoms with van der Waals surface area (Å²) in [6.07, 6.45) is 1.26. The molecule has 0 amide bonds. The predicted molar refractivity (Wildman–Crippen MR) is 103 cm³/mol. The standard InChI is InChI=1S/C23H30O/c1-14-8-9-22(24-7)20(10-14)18-12-19-17(4)16(3)13-23(5,6)21(19)11-15(18)2/h8-12,16-17H,13H2,1-7H3. The molecule has 1 aliphatic rings. The van der Waals surface area contributed by atoms with E-state index >= 15 is 0 Å². The minimum atomic E-state index is 0.251. The molecule has 0 aliphatic heterocycles. The Morgan fingerprint density at radius 3 is 2.38 bits per heavy atom. The molecule has 0 N–H and O–H groups in total. The van der Waals surface area contributed by atoms with E-state index in [0.29, 0.717) is 11.8 Å². The van der Waals surface area contributed by atoms with Crippen molar-refractivity contribution in [3.05, 3.63) is 52.6 Å². The monoisotopic (exact) mass is 322 g/mol. The maximum atomic E-state index is 5.64. The quantitative estimate of drug-likeness (QED) is 0.621. The van der Waals surface area contributed by atoms with Gasteiger partial charge in [0.2, 0.25) is 0 Å². The van der Waals surface area contributed by atoms with E-state index in [4.69, 9.17) is 4.74 Å². The third-order valence-corrected chi connectivity index (χ3v) is 5.95. The lowest BCUT2D eigenvalue weighted by Crippen LogP contribution is -2.30. The molecule has 0 saturated carbocycles. The van der Waals surface area contributed by atoms with Gasteiger partial charge in [0.15, 0.2) is 0 Å². The number of methoxy groups -OCH3 is 1. The van der Waals surface area contributed by atoms with Crippen molar-refractivity contribution in [3.8, 4) is 16.9 Å². The van der Waals surface area contributed by atoms with Gasteiger partial charge in [-0.3, -0.25) is 0 Å². The van der Waals surface area contributed by atoms with Crippen LogP contribution in [0.15, 0.2) is 30.3 Å². The van der Waals surface area contributed by atoms with Crippen molar-refractivity contribution in [1.29, 1.82) is 0 Å². The van der Waals surface area contributed by atoms with E-state index in [1.807, 2.05) is 0 Å². The predicted octanol–water partition coefficient (Wildman–Crippen LogP) is 6.40. The van der Waals surface area contributed by atoms with Crippen molar-refractivity contribution >= 4 is 0 Å². The average molecular weight is 322 g/mol. The Balaban J connectivity index is 2.25. The maximum Gasteiger partial charge on any atom is 0.126 e. The lowest BCUT2D eigenvalue weighted by atomic mass is 9.64. The van der Waals surface area contributed by atoms with E-state index in [2.05, 4.69) is 71.9 Å². The van der Waals surface area contributed by atoms with E-state index in [9.17, 15) is 0 Å². The molecule has 0 fully saturated rings. The first-order valence-electron chi connectivity index (χ1n) is 9.04. The molecule has 1 heteroatoms. The van der Waals surface area contributed by atoms with Crippen LogP contribution in [0.25, 0.3) is 11.1 Å². The largest absolute Gasteiger partial charge is 0.496 e. The second kappa shape index (κ2) is 5.95. The third-order valence-electron chi connectivity index (χ3n) is 5.95. The molecule has 1 aliphatic carbocycles. The molecule has 1 nitrogen and oxygen atoms in total. The molecule has 2 unspecified atom stereocenters. The van der Waals surface area contributed by atoms with E-state index in [0.717, 1.165) is 5.75 Å². The van der Waals surface area contributed by atoms with Crippen molar-refractivity contribution in [2.75, 3.05) is 7.11 Å². The summed E-state index contributed by atoms with van der Waals surface area (Å²) in [6, 6.07) is 11.3. The second-order valence-corrected chi connectivity index (χ2v) is 8.31. The Hall–Kier alpha value is -1.76. The minimum absolute atomic E-state index is 0.251. The lowest BCUT2D eigenvalue weighted by molar-refractivity contribution is 0.310. The summed E-state index contributed by atoms with van der Waals surface area (Å²) >= 11 is 0. The zero-order chi connectivity index (χ0) is 17.6. The summed E-state index contributed by atoms with van der Waals surface area (Å²) in [5, 5.41) is 0. The zero-order valence-corrected chi connectivity index (χ0v) is 16.2. The molecule has 2 aromatic rings. The van der Waals surface area contributed by atoms with Crippen LogP contribution in [0.3, 0.4) is 0 Å². The molecule has 0 radical (unpaired) electrons. The Labute approximate surface area is 147 Å². The first kappa shape index (κ1) is 17.1. The summed E-state index contributed by atoms with van der Waals surface area (Å²) in [4.78, 5) is 0. The van der Waals surface area contributed by atoms with Gasteiger partial charge in [-0.25, -0.2) is 0 Å². The number of hydrogen-bond donors (Lipinski definition) is 0. The van der Waals surface area contributed by atoms with Gasteiger partial charge in [-0.05, 0) is 71.9 Å². The highest BCUT2D eigenvalue weighted by Crippen LogP contribution is 2.48. The highest BCUT2D eigenvalue weighted by atomic mass is 16.5. The zero-order valence-electron chi connectivity index (χ0n) is 16.2. The molecule has 128 valence electrons. The van der Waals surface area contributed by atoms with Crippen molar-refractivity contribution in [2.45, 2.75) is 59.3 Å². The van der Waals surface area contributed by atoms with Crippen LogP contribution in [0.4, 0.5) is 0 Å². The number of ether oxygens (including phenoxy) is 1. The van der Waals surface area contributed by atoms with Crippen LogP contribution in [0.2, 0.25) is 0 Å². The maximum absolute atomic E-state index is 5.64. The van der Waals surface area contributed by atoms with Crippen molar-refractivity contribution in [3.63, 3.8) is 0 Å². The van der Waals surface area contributed by atoms with Gasteiger partial charge in [0.25, 0.3) is 0 Å². The molecule has 0 saturated heterocycles. The van der Waals surface area contributed by atoms with Gasteiger partial charge in [0, 0.05) is 5.56 Å². The van der Waals surface area contributed by atoms with Crippen LogP contribution >= 0.6 is 0 Å². The fourth-order valence-corrected chi connectivity index (χ4v) is 4.41. The summed E-state index contributed by atoms with van der Waals surface area (Å²) in [7, 11) is 1.76. The molecule has 0 bridgehead atoms. The normalized spacial score (nSPS) is 22.1. The van der Waals surface area contributed by atoms with Crippen LogP contribution in [0.5, 0.6) is 5.75 Å². The summed E-state index contributed by atoms with van der Waals surface area (Å²) in [5.74, 6) is 2.27. The molecule has 3 rings (SSSR count). The molecule has 24 heavy (non-hydrogen) atoms. The van der Waals surface area contributed by atoms with Gasteiger partial charge in [0.05, 0.1) is 7.11 Å². The number of benzene rings is 2. The van der Waals surface area contributed by atoms with Crippen LogP contribution in [-0.2, 0) is 5.41 Å². The number of rotatable bonds is 2. The molecule has 2 aromatic carbocycles. The number of fused-ring (bicyclic) bond motifs is 1. The molecule has 0 heterocycles. The smallest absolute Gasteiger partial charge is 0.126 e. The molecule has 0 aromatic heterocycles. The van der Waals surface area contributed by atoms with Gasteiger partial charge in [-0.2, -0.15) is 0 Å². The van der Waals surface area contributed by atoms with E-state index in [-0.39, 0.29) is 5.41 Å².